The summed E-state index contributed by atoms with van der Waals surface area (Å²) in [6.45, 7) is 2.46. The molecule has 4 aromatic rings. The van der Waals surface area contributed by atoms with E-state index >= 15 is 0 Å². The number of piperidine rings is 1. The van der Waals surface area contributed by atoms with Crippen molar-refractivity contribution < 1.29 is 33.6 Å². The normalized spacial score (nSPS) is 20.6. The highest BCUT2D eigenvalue weighted by Gasteiger charge is 2.44. The number of hydrogen-bond acceptors (Lipinski definition) is 8. The highest BCUT2D eigenvalue weighted by molar-refractivity contribution is 6.00. The molecule has 0 saturated carbocycles. The van der Waals surface area contributed by atoms with Gasteiger partial charge in [0, 0.05) is 45.4 Å². The highest BCUT2D eigenvalue weighted by Crippen LogP contribution is 2.32. The third-order valence-electron chi connectivity index (χ3n) is 13.0. The van der Waals surface area contributed by atoms with Gasteiger partial charge in [0.15, 0.2) is 0 Å². The van der Waals surface area contributed by atoms with E-state index in [1.807, 2.05) is 78.9 Å². The van der Waals surface area contributed by atoms with Gasteiger partial charge in [0.05, 0.1) is 23.0 Å². The molecule has 1 aromatic heterocycles. The number of hydrogen-bond donors (Lipinski definition) is 4. The number of amides is 7. The topological polar surface area (TPSA) is 215 Å². The molecule has 1 unspecified atom stereocenters. The number of nitrogens with one attached hydrogen (secondary N) is 3. The molecule has 16 nitrogen and oxygen atoms in total. The van der Waals surface area contributed by atoms with Gasteiger partial charge in [-0.25, -0.2) is 4.79 Å². The van der Waals surface area contributed by atoms with E-state index in [0.717, 1.165) is 36.0 Å². The molecule has 338 valence electrons. The van der Waals surface area contributed by atoms with Crippen LogP contribution >= 0.6 is 0 Å². The van der Waals surface area contributed by atoms with Crippen LogP contribution < -0.4 is 27.4 Å². The van der Waals surface area contributed by atoms with Gasteiger partial charge in [-0.2, -0.15) is 0 Å². The average molecular weight is 875 g/mol. The molecule has 64 heavy (non-hydrogen) atoms. The second-order valence-corrected chi connectivity index (χ2v) is 17.4. The van der Waals surface area contributed by atoms with Crippen LogP contribution in [0.1, 0.15) is 106 Å². The van der Waals surface area contributed by atoms with Gasteiger partial charge in [0.1, 0.15) is 18.1 Å². The lowest BCUT2D eigenvalue weighted by Gasteiger charge is -2.38. The van der Waals surface area contributed by atoms with Crippen LogP contribution in [-0.2, 0) is 47.0 Å². The fraction of sp³-hybridized carbons (Fsp3) is 0.458. The Bertz CT molecular complexity index is 2410. The van der Waals surface area contributed by atoms with Crippen molar-refractivity contribution in [2.45, 2.75) is 114 Å². The van der Waals surface area contributed by atoms with Gasteiger partial charge in [-0.3, -0.25) is 48.0 Å². The molecule has 3 aliphatic rings. The van der Waals surface area contributed by atoms with Crippen LogP contribution in [0.4, 0.5) is 0 Å². The van der Waals surface area contributed by atoms with Crippen molar-refractivity contribution in [3.8, 4) is 0 Å². The molecular formula is C48H58N8O8. The van der Waals surface area contributed by atoms with E-state index in [1.165, 1.54) is 9.13 Å². The molecule has 5 N–H and O–H groups in total. The smallest absolute Gasteiger partial charge is 0.329 e. The number of unbranched alkanes of at least 4 members (excludes halogenated alkanes) is 2. The van der Waals surface area contributed by atoms with Gasteiger partial charge in [-0.05, 0) is 80.2 Å². The number of carbonyl (C=O) groups is 7. The third kappa shape index (κ3) is 10.3. The Labute approximate surface area is 371 Å². The van der Waals surface area contributed by atoms with Gasteiger partial charge >= 0.3 is 5.69 Å². The van der Waals surface area contributed by atoms with Gasteiger partial charge in [-0.15, -0.1) is 0 Å². The minimum absolute atomic E-state index is 0.0123. The zero-order valence-electron chi connectivity index (χ0n) is 36.5. The van der Waals surface area contributed by atoms with Crippen LogP contribution in [0.15, 0.2) is 83.7 Å². The van der Waals surface area contributed by atoms with Crippen molar-refractivity contribution in [3.63, 3.8) is 0 Å². The number of imidazole rings is 1. The first kappa shape index (κ1) is 45.4. The van der Waals surface area contributed by atoms with Crippen molar-refractivity contribution in [2.75, 3.05) is 13.1 Å². The van der Waals surface area contributed by atoms with E-state index in [0.29, 0.717) is 49.7 Å². The summed E-state index contributed by atoms with van der Waals surface area (Å²) in [5.74, 6) is -3.14. The molecule has 7 amide bonds. The summed E-state index contributed by atoms with van der Waals surface area (Å²) >= 11 is 0. The molecule has 5 atom stereocenters. The lowest BCUT2D eigenvalue weighted by Crippen LogP contribution is -2.57. The van der Waals surface area contributed by atoms with E-state index in [9.17, 15) is 38.4 Å². The minimum atomic E-state index is -1.08. The standard InChI is InChI=1S/C48H58N8O8/c1-30-29-54(42(59)17-11-3-6-12-31-18-21-36-39(28-31)53(2)48(64)56(36)38-23-25-41(58)51-46(38)62)27-26-34-19-22-37(55(34)47(30)63)45(61)50-35(20-24-40(49)57)44(60)52-43(32-13-7-4-8-14-32)33-15-9-5-10-16-33/h4-5,7-10,13-16,18,21,28,30,34-35,37-38,43H,3,6,11-12,17,19-20,22-27,29H2,1-2H3,(H2,49,57)(H,50,61)(H,52,60)(H,51,58,62)/t30-,34+,35-,37-,38?/m0/s1. The second kappa shape index (κ2) is 20.3. The maximum absolute atomic E-state index is 14.0. The molecule has 7 rings (SSSR count). The summed E-state index contributed by atoms with van der Waals surface area (Å²) in [5, 5.41) is 8.28. The van der Waals surface area contributed by atoms with Gasteiger partial charge in [0.25, 0.3) is 0 Å². The molecule has 3 aromatic carbocycles. The van der Waals surface area contributed by atoms with Crippen molar-refractivity contribution in [1.29, 1.82) is 0 Å². The van der Waals surface area contributed by atoms with E-state index in [1.54, 1.807) is 23.8 Å². The van der Waals surface area contributed by atoms with Crippen molar-refractivity contribution >= 4 is 52.4 Å². The Kier molecular flexibility index (Phi) is 14.4. The van der Waals surface area contributed by atoms with Gasteiger partial charge in [-0.1, -0.05) is 80.1 Å². The maximum atomic E-state index is 14.0. The lowest BCUT2D eigenvalue weighted by atomic mass is 9.98. The number of carbonyl (C=O) groups excluding carboxylic acids is 7. The first-order chi connectivity index (χ1) is 30.8. The molecule has 0 radical (unpaired) electrons. The summed E-state index contributed by atoms with van der Waals surface area (Å²) in [5.41, 5.74) is 9.24. The van der Waals surface area contributed by atoms with Gasteiger partial charge in [0.2, 0.25) is 41.4 Å². The number of rotatable bonds is 16. The second-order valence-electron chi connectivity index (χ2n) is 17.4. The number of aromatic nitrogens is 2. The summed E-state index contributed by atoms with van der Waals surface area (Å²) in [6.07, 6.45) is 5.17. The molecule has 0 aliphatic carbocycles. The quantitative estimate of drug-likeness (QED) is 0.0966. The van der Waals surface area contributed by atoms with Crippen molar-refractivity contribution in [1.82, 2.24) is 34.9 Å². The number of fused-ring (bicyclic) bond motifs is 2. The van der Waals surface area contributed by atoms with Crippen LogP contribution in [-0.4, -0.2) is 91.5 Å². The third-order valence-corrected chi connectivity index (χ3v) is 13.0. The molecule has 3 fully saturated rings. The summed E-state index contributed by atoms with van der Waals surface area (Å²) in [4.78, 5) is 108. The van der Waals surface area contributed by atoms with Crippen molar-refractivity contribution in [3.05, 3.63) is 106 Å². The molecular weight excluding hydrogens is 817 g/mol. The molecule has 16 heteroatoms. The predicted octanol–water partition coefficient (Wildman–Crippen LogP) is 3.30. The number of imide groups is 1. The Morgan fingerprint density at radius 2 is 1.52 bits per heavy atom. The van der Waals surface area contributed by atoms with Crippen LogP contribution in [0, 0.1) is 5.92 Å². The Balaban J connectivity index is 0.917. The van der Waals surface area contributed by atoms with Crippen molar-refractivity contribution in [2.24, 2.45) is 18.7 Å². The van der Waals surface area contributed by atoms with Crippen LogP contribution in [0.3, 0.4) is 0 Å². The SMILES string of the molecule is C[C@H]1CN(C(=O)CCCCCc2ccc3c(c2)n(C)c(=O)n3C2CCC(=O)NC2=O)CC[C@H]2CC[C@@H](C(=O)N[C@@H](CCC(N)=O)C(=O)NC(c3ccccc3)c3ccccc3)N2C1=O. The molecule has 0 spiro atoms. The Morgan fingerprint density at radius 3 is 2.19 bits per heavy atom. The minimum Gasteiger partial charge on any atom is -0.370 e. The van der Waals surface area contributed by atoms with Crippen LogP contribution in [0.2, 0.25) is 0 Å². The first-order valence-corrected chi connectivity index (χ1v) is 22.4. The van der Waals surface area contributed by atoms with E-state index in [4.69, 9.17) is 5.73 Å². The lowest BCUT2D eigenvalue weighted by molar-refractivity contribution is -0.147. The summed E-state index contributed by atoms with van der Waals surface area (Å²) < 4.78 is 2.99. The summed E-state index contributed by atoms with van der Waals surface area (Å²) in [6, 6.07) is 21.3. The number of benzene rings is 3. The largest absolute Gasteiger partial charge is 0.370 e. The fourth-order valence-corrected chi connectivity index (χ4v) is 9.49. The zero-order chi connectivity index (χ0) is 45.5. The number of aryl methyl sites for hydroxylation is 2. The van der Waals surface area contributed by atoms with E-state index < -0.39 is 53.7 Å². The predicted molar refractivity (Wildman–Crippen MR) is 238 cm³/mol. The maximum Gasteiger partial charge on any atom is 0.329 e. The Hall–Kier alpha value is -6.58. The van der Waals surface area contributed by atoms with Gasteiger partial charge < -0.3 is 26.2 Å². The molecule has 3 saturated heterocycles. The summed E-state index contributed by atoms with van der Waals surface area (Å²) in [7, 11) is 1.67. The molecule has 4 heterocycles. The fourth-order valence-electron chi connectivity index (χ4n) is 9.49. The van der Waals surface area contributed by atoms with Crippen LogP contribution in [0.5, 0.6) is 0 Å². The van der Waals surface area contributed by atoms with E-state index in [-0.39, 0.29) is 61.7 Å². The number of nitrogens with two attached hydrogens (primary N) is 1. The number of primary amides is 1. The molecule has 0 bridgehead atoms. The monoisotopic (exact) mass is 874 g/mol. The molecule has 3 aliphatic heterocycles. The number of nitrogens with zero attached hydrogens (tertiary/aromatic N) is 4. The zero-order valence-corrected chi connectivity index (χ0v) is 36.5. The van der Waals surface area contributed by atoms with E-state index in [2.05, 4.69) is 16.0 Å². The Morgan fingerprint density at radius 1 is 0.812 bits per heavy atom. The highest BCUT2D eigenvalue weighted by atomic mass is 16.2. The average Bonchev–Trinajstić information content (AvgIpc) is 3.82. The first-order valence-electron chi connectivity index (χ1n) is 22.4. The van der Waals surface area contributed by atoms with Crippen LogP contribution in [0.25, 0.3) is 11.0 Å².